The van der Waals surface area contributed by atoms with E-state index in [4.69, 9.17) is 16.1 Å². The maximum atomic E-state index is 14.0. The molecule has 1 heterocycles. The van der Waals surface area contributed by atoms with Crippen molar-refractivity contribution in [1.82, 2.24) is 10.1 Å². The number of benzene rings is 2. The smallest absolute Gasteiger partial charge is 0.244 e. The highest BCUT2D eigenvalue weighted by atomic mass is 35.5. The molecule has 1 atom stereocenters. The molecule has 23 heavy (non-hydrogen) atoms. The number of hydrogen-bond acceptors (Lipinski definition) is 5. The Bertz CT molecular complexity index is 803. The molecule has 0 saturated heterocycles. The average Bonchev–Trinajstić information content (AvgIpc) is 2.99. The van der Waals surface area contributed by atoms with Crippen LogP contribution in [0.2, 0.25) is 5.02 Å². The third kappa shape index (κ3) is 3.18. The van der Waals surface area contributed by atoms with E-state index >= 15 is 0 Å². The highest BCUT2D eigenvalue weighted by molar-refractivity contribution is 7.99. The van der Waals surface area contributed by atoms with Crippen LogP contribution in [0.25, 0.3) is 11.4 Å². The number of aromatic hydroxyl groups is 1. The highest BCUT2D eigenvalue weighted by Gasteiger charge is 2.23. The largest absolute Gasteiger partial charge is 0.508 e. The molecule has 0 fully saturated rings. The van der Waals surface area contributed by atoms with Crippen LogP contribution in [0.1, 0.15) is 16.7 Å². The molecule has 1 unspecified atom stereocenters. The zero-order valence-electron chi connectivity index (χ0n) is 12.0. The van der Waals surface area contributed by atoms with Gasteiger partial charge in [-0.15, -0.1) is 11.8 Å². The predicted molar refractivity (Wildman–Crippen MR) is 88.2 cm³/mol. The summed E-state index contributed by atoms with van der Waals surface area (Å²) < 4.78 is 19.3. The Kier molecular flexibility index (Phi) is 4.54. The van der Waals surface area contributed by atoms with Gasteiger partial charge >= 0.3 is 0 Å². The van der Waals surface area contributed by atoms with Crippen molar-refractivity contribution < 1.29 is 14.0 Å². The Balaban J connectivity index is 1.98. The van der Waals surface area contributed by atoms with Crippen LogP contribution in [-0.2, 0) is 0 Å². The summed E-state index contributed by atoms with van der Waals surface area (Å²) in [6, 6.07) is 11.1. The molecule has 4 nitrogen and oxygen atoms in total. The van der Waals surface area contributed by atoms with Gasteiger partial charge in [0.15, 0.2) is 0 Å². The first-order valence-corrected chi connectivity index (χ1v) is 8.36. The van der Waals surface area contributed by atoms with Crippen LogP contribution in [0, 0.1) is 5.82 Å². The van der Waals surface area contributed by atoms with Crippen LogP contribution < -0.4 is 0 Å². The topological polar surface area (TPSA) is 59.2 Å². The monoisotopic (exact) mass is 350 g/mol. The van der Waals surface area contributed by atoms with E-state index in [1.807, 2.05) is 6.26 Å². The van der Waals surface area contributed by atoms with Gasteiger partial charge in [0.05, 0.1) is 10.6 Å². The number of nitrogens with zero attached hydrogens (tertiary/aromatic N) is 2. The van der Waals surface area contributed by atoms with Gasteiger partial charge in [-0.05, 0) is 36.1 Å². The molecule has 1 N–H and O–H groups in total. The standard InChI is InChI=1S/C16H12ClFN2O2S/c1-23-14(9-5-7-10(21)8-6-9)16-19-15(20-22-16)13-11(17)3-2-4-12(13)18/h2-8,14,21H,1H3. The van der Waals surface area contributed by atoms with E-state index in [2.05, 4.69) is 10.1 Å². The van der Waals surface area contributed by atoms with Gasteiger partial charge in [-0.3, -0.25) is 0 Å². The van der Waals surface area contributed by atoms with Crippen LogP contribution in [0.4, 0.5) is 4.39 Å². The minimum absolute atomic E-state index is 0.112. The van der Waals surface area contributed by atoms with Crippen molar-refractivity contribution in [2.75, 3.05) is 6.26 Å². The summed E-state index contributed by atoms with van der Waals surface area (Å²) in [6.07, 6.45) is 1.90. The number of rotatable bonds is 4. The first-order valence-electron chi connectivity index (χ1n) is 6.70. The Morgan fingerprint density at radius 1 is 1.22 bits per heavy atom. The first kappa shape index (κ1) is 15.8. The first-order chi connectivity index (χ1) is 11.1. The van der Waals surface area contributed by atoms with Crippen LogP contribution >= 0.6 is 23.4 Å². The molecule has 3 aromatic rings. The van der Waals surface area contributed by atoms with Gasteiger partial charge in [0.25, 0.3) is 0 Å². The molecule has 0 saturated carbocycles. The summed E-state index contributed by atoms with van der Waals surface area (Å²) >= 11 is 7.52. The number of thioether (sulfide) groups is 1. The van der Waals surface area contributed by atoms with Crippen molar-refractivity contribution in [2.24, 2.45) is 0 Å². The van der Waals surface area contributed by atoms with Crippen molar-refractivity contribution in [2.45, 2.75) is 5.25 Å². The third-order valence-electron chi connectivity index (χ3n) is 3.28. The minimum atomic E-state index is -0.504. The minimum Gasteiger partial charge on any atom is -0.508 e. The maximum Gasteiger partial charge on any atom is 0.244 e. The van der Waals surface area contributed by atoms with Gasteiger partial charge < -0.3 is 9.63 Å². The van der Waals surface area contributed by atoms with Gasteiger partial charge in [0, 0.05) is 0 Å². The number of aromatic nitrogens is 2. The van der Waals surface area contributed by atoms with Crippen molar-refractivity contribution >= 4 is 23.4 Å². The van der Waals surface area contributed by atoms with E-state index < -0.39 is 5.82 Å². The second kappa shape index (κ2) is 6.60. The van der Waals surface area contributed by atoms with E-state index in [9.17, 15) is 9.50 Å². The lowest BCUT2D eigenvalue weighted by Crippen LogP contribution is -1.96. The van der Waals surface area contributed by atoms with Crippen molar-refractivity contribution in [3.63, 3.8) is 0 Å². The van der Waals surface area contributed by atoms with E-state index in [1.165, 1.54) is 23.9 Å². The molecule has 0 radical (unpaired) electrons. The quantitative estimate of drug-likeness (QED) is 0.739. The number of halogens is 2. The Hall–Kier alpha value is -2.05. The zero-order valence-corrected chi connectivity index (χ0v) is 13.6. The van der Waals surface area contributed by atoms with E-state index in [0.717, 1.165) is 5.56 Å². The van der Waals surface area contributed by atoms with Crippen LogP contribution in [0.15, 0.2) is 47.0 Å². The molecule has 2 aromatic carbocycles. The number of hydrogen-bond donors (Lipinski definition) is 1. The summed E-state index contributed by atoms with van der Waals surface area (Å²) in [5.74, 6) is 0.131. The molecule has 0 aliphatic rings. The molecule has 0 spiro atoms. The van der Waals surface area contributed by atoms with E-state index in [1.54, 1.807) is 30.3 Å². The Morgan fingerprint density at radius 3 is 2.61 bits per heavy atom. The Morgan fingerprint density at radius 2 is 1.96 bits per heavy atom. The SMILES string of the molecule is CSC(c1ccc(O)cc1)c1nc(-c2c(F)cccc2Cl)no1. The lowest BCUT2D eigenvalue weighted by atomic mass is 10.1. The molecular formula is C16H12ClFN2O2S. The van der Waals surface area contributed by atoms with Gasteiger partial charge in [0.1, 0.15) is 16.8 Å². The average molecular weight is 351 g/mol. The second-order valence-electron chi connectivity index (χ2n) is 4.76. The molecule has 0 amide bonds. The van der Waals surface area contributed by atoms with Crippen LogP contribution in [0.3, 0.4) is 0 Å². The van der Waals surface area contributed by atoms with Crippen molar-refractivity contribution in [1.29, 1.82) is 0 Å². The van der Waals surface area contributed by atoms with Crippen molar-refractivity contribution in [3.8, 4) is 17.1 Å². The fourth-order valence-electron chi connectivity index (χ4n) is 2.18. The number of phenols is 1. The third-order valence-corrected chi connectivity index (χ3v) is 4.54. The predicted octanol–water partition coefficient (Wildman–Crippen LogP) is 4.69. The Labute approximate surface area is 141 Å². The summed E-state index contributed by atoms with van der Waals surface area (Å²) in [4.78, 5) is 4.29. The van der Waals surface area contributed by atoms with Crippen LogP contribution in [0.5, 0.6) is 5.75 Å². The summed E-state index contributed by atoms with van der Waals surface area (Å²) in [6.45, 7) is 0. The second-order valence-corrected chi connectivity index (χ2v) is 6.11. The normalized spacial score (nSPS) is 12.3. The summed E-state index contributed by atoms with van der Waals surface area (Å²) in [5.41, 5.74) is 1.01. The molecule has 118 valence electrons. The lowest BCUT2D eigenvalue weighted by Gasteiger charge is -2.09. The molecule has 1 aromatic heterocycles. The highest BCUT2D eigenvalue weighted by Crippen LogP contribution is 2.35. The fourth-order valence-corrected chi connectivity index (χ4v) is 3.16. The number of phenolic OH excluding ortho intramolecular Hbond substituents is 1. The van der Waals surface area contributed by atoms with Gasteiger partial charge in [0.2, 0.25) is 11.7 Å². The lowest BCUT2D eigenvalue weighted by molar-refractivity contribution is 0.383. The van der Waals surface area contributed by atoms with E-state index in [0.29, 0.717) is 5.89 Å². The summed E-state index contributed by atoms with van der Waals surface area (Å²) in [5, 5.41) is 13.2. The molecular weight excluding hydrogens is 339 g/mol. The van der Waals surface area contributed by atoms with Gasteiger partial charge in [-0.25, -0.2) is 4.39 Å². The van der Waals surface area contributed by atoms with Crippen LogP contribution in [-0.4, -0.2) is 21.5 Å². The van der Waals surface area contributed by atoms with E-state index in [-0.39, 0.29) is 27.4 Å². The van der Waals surface area contributed by atoms with Gasteiger partial charge in [-0.2, -0.15) is 4.98 Å². The summed E-state index contributed by atoms with van der Waals surface area (Å²) in [7, 11) is 0. The zero-order chi connectivity index (χ0) is 16.4. The molecule has 7 heteroatoms. The van der Waals surface area contributed by atoms with Crippen molar-refractivity contribution in [3.05, 3.63) is 64.8 Å². The molecule has 0 aliphatic carbocycles. The van der Waals surface area contributed by atoms with Gasteiger partial charge in [-0.1, -0.05) is 35.0 Å². The molecule has 3 rings (SSSR count). The molecule has 0 aliphatic heterocycles. The fraction of sp³-hybridized carbons (Fsp3) is 0.125. The maximum absolute atomic E-state index is 14.0. The molecule has 0 bridgehead atoms.